The van der Waals surface area contributed by atoms with E-state index in [1.54, 1.807) is 7.11 Å². The second-order valence-electron chi connectivity index (χ2n) is 4.99. The summed E-state index contributed by atoms with van der Waals surface area (Å²) in [6.45, 7) is 6.36. The minimum absolute atomic E-state index is 0.0619. The first-order valence-electron chi connectivity index (χ1n) is 5.32. The number of methoxy groups -OCH3 is 1. The van der Waals surface area contributed by atoms with Crippen molar-refractivity contribution in [1.82, 2.24) is 0 Å². The van der Waals surface area contributed by atoms with Crippen LogP contribution in [0.4, 0.5) is 0 Å². The lowest BCUT2D eigenvalue weighted by Gasteiger charge is -2.32. The Morgan fingerprint density at radius 3 is 2.73 bits per heavy atom. The zero-order chi connectivity index (χ0) is 11.5. The number of rotatable bonds is 3. The van der Waals surface area contributed by atoms with Crippen molar-refractivity contribution in [2.24, 2.45) is 5.41 Å². The maximum absolute atomic E-state index is 11.1. The van der Waals surface area contributed by atoms with Gasteiger partial charge in [0.15, 0.2) is 0 Å². The molecule has 0 spiro atoms. The van der Waals surface area contributed by atoms with Crippen molar-refractivity contribution in [3.8, 4) is 0 Å². The SMILES string of the molecule is COC(CC1C=CCC(=O)O1)C(C)(C)C. The van der Waals surface area contributed by atoms with Crippen LogP contribution >= 0.6 is 0 Å². The molecule has 0 aromatic carbocycles. The van der Waals surface area contributed by atoms with Gasteiger partial charge in [-0.1, -0.05) is 26.8 Å². The molecule has 1 aliphatic heterocycles. The quantitative estimate of drug-likeness (QED) is 0.532. The van der Waals surface area contributed by atoms with Crippen molar-refractivity contribution in [2.75, 3.05) is 7.11 Å². The van der Waals surface area contributed by atoms with Crippen LogP contribution in [0, 0.1) is 5.41 Å². The normalized spacial score (nSPS) is 23.7. The highest BCUT2D eigenvalue weighted by Gasteiger charge is 2.28. The Kier molecular flexibility index (Phi) is 3.91. The number of esters is 1. The summed E-state index contributed by atoms with van der Waals surface area (Å²) >= 11 is 0. The highest BCUT2D eigenvalue weighted by Crippen LogP contribution is 2.27. The molecule has 0 aromatic rings. The molecule has 1 heterocycles. The molecule has 15 heavy (non-hydrogen) atoms. The predicted molar refractivity (Wildman–Crippen MR) is 58.5 cm³/mol. The van der Waals surface area contributed by atoms with E-state index in [1.165, 1.54) is 0 Å². The summed E-state index contributed by atoms with van der Waals surface area (Å²) in [5, 5.41) is 0. The third-order valence-electron chi connectivity index (χ3n) is 2.61. The number of carbonyl (C=O) groups is 1. The Balaban J connectivity index is 2.56. The molecule has 86 valence electrons. The van der Waals surface area contributed by atoms with Crippen LogP contribution in [0.2, 0.25) is 0 Å². The molecule has 0 radical (unpaired) electrons. The van der Waals surface area contributed by atoms with Gasteiger partial charge in [0.25, 0.3) is 0 Å². The van der Waals surface area contributed by atoms with Gasteiger partial charge < -0.3 is 9.47 Å². The van der Waals surface area contributed by atoms with E-state index < -0.39 is 0 Å². The molecular formula is C12H20O3. The van der Waals surface area contributed by atoms with Crippen molar-refractivity contribution in [3.63, 3.8) is 0 Å². The van der Waals surface area contributed by atoms with E-state index in [1.807, 2.05) is 12.2 Å². The molecule has 3 nitrogen and oxygen atoms in total. The molecule has 1 aliphatic rings. The van der Waals surface area contributed by atoms with Gasteiger partial charge in [0.05, 0.1) is 12.5 Å². The van der Waals surface area contributed by atoms with Gasteiger partial charge in [0.2, 0.25) is 0 Å². The Bertz CT molecular complexity index is 250. The summed E-state index contributed by atoms with van der Waals surface area (Å²) in [7, 11) is 1.70. The number of carbonyl (C=O) groups excluding carboxylic acids is 1. The minimum atomic E-state index is -0.147. The van der Waals surface area contributed by atoms with E-state index in [0.29, 0.717) is 6.42 Å². The first-order chi connectivity index (χ1) is 6.93. The first kappa shape index (κ1) is 12.2. The molecule has 0 aliphatic carbocycles. The molecule has 0 amide bonds. The summed E-state index contributed by atoms with van der Waals surface area (Å²) < 4.78 is 10.6. The van der Waals surface area contributed by atoms with Gasteiger partial charge in [-0.15, -0.1) is 0 Å². The Hall–Kier alpha value is -0.830. The molecular weight excluding hydrogens is 192 g/mol. The van der Waals surface area contributed by atoms with Gasteiger partial charge in [-0.25, -0.2) is 0 Å². The number of ether oxygens (including phenoxy) is 2. The molecule has 0 fully saturated rings. The van der Waals surface area contributed by atoms with Crippen LogP contribution in [-0.4, -0.2) is 25.3 Å². The Morgan fingerprint density at radius 2 is 2.27 bits per heavy atom. The van der Waals surface area contributed by atoms with E-state index in [4.69, 9.17) is 9.47 Å². The lowest BCUT2D eigenvalue weighted by atomic mass is 9.85. The van der Waals surface area contributed by atoms with Crippen LogP contribution in [0.25, 0.3) is 0 Å². The zero-order valence-electron chi connectivity index (χ0n) is 9.95. The van der Waals surface area contributed by atoms with E-state index >= 15 is 0 Å². The topological polar surface area (TPSA) is 35.5 Å². The molecule has 0 N–H and O–H groups in total. The fourth-order valence-corrected chi connectivity index (χ4v) is 1.71. The third kappa shape index (κ3) is 3.67. The predicted octanol–water partition coefficient (Wildman–Crippen LogP) is 2.31. The molecule has 2 atom stereocenters. The smallest absolute Gasteiger partial charge is 0.310 e. The Morgan fingerprint density at radius 1 is 1.60 bits per heavy atom. The highest BCUT2D eigenvalue weighted by atomic mass is 16.5. The average molecular weight is 212 g/mol. The van der Waals surface area contributed by atoms with Crippen LogP contribution in [0.5, 0.6) is 0 Å². The van der Waals surface area contributed by atoms with Crippen molar-refractivity contribution < 1.29 is 14.3 Å². The van der Waals surface area contributed by atoms with E-state index in [-0.39, 0.29) is 23.6 Å². The number of cyclic esters (lactones) is 1. The molecule has 0 saturated heterocycles. The lowest BCUT2D eigenvalue weighted by Crippen LogP contribution is -2.34. The summed E-state index contributed by atoms with van der Waals surface area (Å²) in [6.07, 6.45) is 4.89. The third-order valence-corrected chi connectivity index (χ3v) is 2.61. The van der Waals surface area contributed by atoms with Gasteiger partial charge in [0, 0.05) is 13.5 Å². The van der Waals surface area contributed by atoms with Gasteiger partial charge in [-0.05, 0) is 11.5 Å². The van der Waals surface area contributed by atoms with Crippen LogP contribution in [-0.2, 0) is 14.3 Å². The highest BCUT2D eigenvalue weighted by molar-refractivity contribution is 5.72. The van der Waals surface area contributed by atoms with E-state index in [0.717, 1.165) is 6.42 Å². The second kappa shape index (κ2) is 4.79. The summed E-state index contributed by atoms with van der Waals surface area (Å²) in [4.78, 5) is 11.1. The summed E-state index contributed by atoms with van der Waals surface area (Å²) in [5.41, 5.74) is 0.0619. The maximum atomic E-state index is 11.1. The fourth-order valence-electron chi connectivity index (χ4n) is 1.71. The molecule has 0 saturated carbocycles. The zero-order valence-corrected chi connectivity index (χ0v) is 9.95. The monoisotopic (exact) mass is 212 g/mol. The first-order valence-corrected chi connectivity index (χ1v) is 5.32. The largest absolute Gasteiger partial charge is 0.458 e. The summed E-state index contributed by atoms with van der Waals surface area (Å²) in [6, 6.07) is 0. The standard InChI is InChI=1S/C12H20O3/c1-12(2,3)10(14-4)8-9-6-5-7-11(13)15-9/h5-6,9-10H,7-8H2,1-4H3. The maximum Gasteiger partial charge on any atom is 0.310 e. The van der Waals surface area contributed by atoms with Gasteiger partial charge >= 0.3 is 5.97 Å². The average Bonchev–Trinajstić information content (AvgIpc) is 2.12. The van der Waals surface area contributed by atoms with E-state index in [9.17, 15) is 4.79 Å². The van der Waals surface area contributed by atoms with Crippen LogP contribution in [0.3, 0.4) is 0 Å². The van der Waals surface area contributed by atoms with Crippen molar-refractivity contribution in [2.45, 2.75) is 45.8 Å². The van der Waals surface area contributed by atoms with Crippen molar-refractivity contribution in [1.29, 1.82) is 0 Å². The van der Waals surface area contributed by atoms with Gasteiger partial charge in [-0.2, -0.15) is 0 Å². The van der Waals surface area contributed by atoms with Crippen LogP contribution in [0.1, 0.15) is 33.6 Å². The summed E-state index contributed by atoms with van der Waals surface area (Å²) in [5.74, 6) is -0.147. The fraction of sp³-hybridized carbons (Fsp3) is 0.750. The molecule has 0 bridgehead atoms. The van der Waals surface area contributed by atoms with Crippen molar-refractivity contribution in [3.05, 3.63) is 12.2 Å². The minimum Gasteiger partial charge on any atom is -0.458 e. The number of hydrogen-bond donors (Lipinski definition) is 0. The molecule has 1 rings (SSSR count). The number of hydrogen-bond acceptors (Lipinski definition) is 3. The van der Waals surface area contributed by atoms with Crippen molar-refractivity contribution >= 4 is 5.97 Å². The van der Waals surface area contributed by atoms with Gasteiger partial charge in [-0.3, -0.25) is 4.79 Å². The molecule has 2 unspecified atom stereocenters. The van der Waals surface area contributed by atoms with Crippen LogP contribution < -0.4 is 0 Å². The van der Waals surface area contributed by atoms with E-state index in [2.05, 4.69) is 20.8 Å². The second-order valence-corrected chi connectivity index (χ2v) is 4.99. The molecule has 0 aromatic heterocycles. The molecule has 3 heteroatoms. The van der Waals surface area contributed by atoms with Crippen LogP contribution in [0.15, 0.2) is 12.2 Å². The van der Waals surface area contributed by atoms with Gasteiger partial charge in [0.1, 0.15) is 6.10 Å². The lowest BCUT2D eigenvalue weighted by molar-refractivity contribution is -0.149. The Labute approximate surface area is 91.4 Å².